The SMILES string of the molecule is Cc1cc([C@H]2[C@@H](c3ccccn3)NC(=S)N2c2ccc(F)cc2)c(C)n1Cc1cccnc1. The molecule has 0 bridgehead atoms. The van der Waals surface area contributed by atoms with Crippen molar-refractivity contribution in [2.24, 2.45) is 0 Å². The molecule has 1 saturated heterocycles. The van der Waals surface area contributed by atoms with E-state index >= 15 is 0 Å². The molecule has 0 unspecified atom stereocenters. The number of anilines is 1. The predicted molar refractivity (Wildman–Crippen MR) is 132 cm³/mol. The molecule has 166 valence electrons. The molecular formula is C26H24FN5S. The second-order valence-electron chi connectivity index (χ2n) is 8.25. The maximum Gasteiger partial charge on any atom is 0.174 e. The molecule has 4 heterocycles. The second-order valence-corrected chi connectivity index (χ2v) is 8.63. The van der Waals surface area contributed by atoms with Gasteiger partial charge in [-0.25, -0.2) is 4.39 Å². The van der Waals surface area contributed by atoms with Gasteiger partial charge in [0.1, 0.15) is 5.82 Å². The Morgan fingerprint density at radius 3 is 2.55 bits per heavy atom. The summed E-state index contributed by atoms with van der Waals surface area (Å²) >= 11 is 5.78. The lowest BCUT2D eigenvalue weighted by Crippen LogP contribution is -2.29. The summed E-state index contributed by atoms with van der Waals surface area (Å²) in [6.07, 6.45) is 5.48. The maximum atomic E-state index is 13.7. The summed E-state index contributed by atoms with van der Waals surface area (Å²) in [5.74, 6) is -0.274. The topological polar surface area (TPSA) is 46.0 Å². The molecule has 5 nitrogen and oxygen atoms in total. The minimum absolute atomic E-state index is 0.133. The lowest BCUT2D eigenvalue weighted by atomic mass is 9.96. The van der Waals surface area contributed by atoms with Gasteiger partial charge in [-0.05, 0) is 85.7 Å². The fourth-order valence-electron chi connectivity index (χ4n) is 4.60. The molecule has 0 radical (unpaired) electrons. The third kappa shape index (κ3) is 4.00. The van der Waals surface area contributed by atoms with Gasteiger partial charge in [-0.15, -0.1) is 0 Å². The summed E-state index contributed by atoms with van der Waals surface area (Å²) in [5, 5.41) is 4.07. The van der Waals surface area contributed by atoms with Gasteiger partial charge >= 0.3 is 0 Å². The third-order valence-electron chi connectivity index (χ3n) is 6.20. The van der Waals surface area contributed by atoms with Crippen molar-refractivity contribution in [1.29, 1.82) is 0 Å². The van der Waals surface area contributed by atoms with Gasteiger partial charge in [-0.1, -0.05) is 12.1 Å². The van der Waals surface area contributed by atoms with Crippen LogP contribution in [0.3, 0.4) is 0 Å². The van der Waals surface area contributed by atoms with Gasteiger partial charge in [-0.2, -0.15) is 0 Å². The van der Waals surface area contributed by atoms with Crippen molar-refractivity contribution in [2.45, 2.75) is 32.5 Å². The molecule has 5 rings (SSSR count). The number of aryl methyl sites for hydroxylation is 1. The highest BCUT2D eigenvalue weighted by molar-refractivity contribution is 7.80. The van der Waals surface area contributed by atoms with Crippen molar-refractivity contribution in [3.05, 3.63) is 113 Å². The Kier molecular flexibility index (Phi) is 5.64. The Hall–Kier alpha value is -3.58. The highest BCUT2D eigenvalue weighted by Crippen LogP contribution is 2.43. The fraction of sp³-hybridized carbons (Fsp3) is 0.192. The number of nitrogens with one attached hydrogen (secondary N) is 1. The zero-order valence-corrected chi connectivity index (χ0v) is 19.3. The quantitative estimate of drug-likeness (QED) is 0.414. The molecule has 33 heavy (non-hydrogen) atoms. The smallest absolute Gasteiger partial charge is 0.174 e. The first-order valence-corrected chi connectivity index (χ1v) is 11.3. The zero-order valence-electron chi connectivity index (χ0n) is 18.4. The van der Waals surface area contributed by atoms with Gasteiger partial charge in [-0.3, -0.25) is 9.97 Å². The van der Waals surface area contributed by atoms with E-state index in [1.807, 2.05) is 30.5 Å². The third-order valence-corrected chi connectivity index (χ3v) is 6.51. The van der Waals surface area contributed by atoms with Gasteiger partial charge < -0.3 is 14.8 Å². The highest BCUT2D eigenvalue weighted by Gasteiger charge is 2.42. The number of aromatic nitrogens is 3. The average Bonchev–Trinajstić information content (AvgIpc) is 3.32. The first-order valence-electron chi connectivity index (χ1n) is 10.8. The molecule has 1 aliphatic heterocycles. The Bertz CT molecular complexity index is 1270. The molecule has 1 N–H and O–H groups in total. The van der Waals surface area contributed by atoms with E-state index in [-0.39, 0.29) is 17.9 Å². The normalized spacial score (nSPS) is 17.9. The van der Waals surface area contributed by atoms with E-state index in [9.17, 15) is 4.39 Å². The van der Waals surface area contributed by atoms with Gasteiger partial charge in [0.2, 0.25) is 0 Å². The van der Waals surface area contributed by atoms with E-state index in [1.165, 1.54) is 12.1 Å². The van der Waals surface area contributed by atoms with Gasteiger partial charge in [0, 0.05) is 42.2 Å². The van der Waals surface area contributed by atoms with Crippen LogP contribution in [-0.4, -0.2) is 19.6 Å². The van der Waals surface area contributed by atoms with E-state index in [1.54, 1.807) is 24.5 Å². The van der Waals surface area contributed by atoms with Crippen molar-refractivity contribution in [3.8, 4) is 0 Å². The van der Waals surface area contributed by atoms with Crippen molar-refractivity contribution < 1.29 is 4.39 Å². The van der Waals surface area contributed by atoms with Crippen LogP contribution in [0, 0.1) is 19.7 Å². The molecular weight excluding hydrogens is 433 g/mol. The largest absolute Gasteiger partial charge is 0.351 e. The maximum absolute atomic E-state index is 13.7. The summed E-state index contributed by atoms with van der Waals surface area (Å²) in [6, 6.07) is 18.4. The lowest BCUT2D eigenvalue weighted by Gasteiger charge is -2.28. The average molecular weight is 458 g/mol. The summed E-state index contributed by atoms with van der Waals surface area (Å²) in [6.45, 7) is 4.99. The summed E-state index contributed by atoms with van der Waals surface area (Å²) < 4.78 is 16.0. The van der Waals surface area contributed by atoms with E-state index < -0.39 is 0 Å². The van der Waals surface area contributed by atoms with Crippen LogP contribution in [0.5, 0.6) is 0 Å². The van der Waals surface area contributed by atoms with Crippen molar-refractivity contribution in [1.82, 2.24) is 19.9 Å². The molecule has 0 saturated carbocycles. The Labute approximate surface area is 197 Å². The molecule has 0 aliphatic carbocycles. The number of pyridine rings is 2. The lowest BCUT2D eigenvalue weighted by molar-refractivity contribution is 0.563. The Morgan fingerprint density at radius 1 is 1.03 bits per heavy atom. The number of benzene rings is 1. The van der Waals surface area contributed by atoms with E-state index in [4.69, 9.17) is 12.2 Å². The van der Waals surface area contributed by atoms with Crippen LogP contribution in [0.25, 0.3) is 0 Å². The highest BCUT2D eigenvalue weighted by atomic mass is 32.1. The molecule has 4 aromatic rings. The number of thiocarbonyl (C=S) groups is 1. The number of rotatable bonds is 5. The summed E-state index contributed by atoms with van der Waals surface area (Å²) in [7, 11) is 0. The number of nitrogens with zero attached hydrogens (tertiary/aromatic N) is 4. The van der Waals surface area contributed by atoms with Crippen molar-refractivity contribution in [3.63, 3.8) is 0 Å². The Balaban J connectivity index is 1.62. The van der Waals surface area contributed by atoms with Crippen molar-refractivity contribution in [2.75, 3.05) is 4.90 Å². The molecule has 0 spiro atoms. The molecule has 1 aliphatic rings. The van der Waals surface area contributed by atoms with Gasteiger partial charge in [0.05, 0.1) is 17.8 Å². The van der Waals surface area contributed by atoms with E-state index in [0.717, 1.165) is 40.4 Å². The first kappa shape index (κ1) is 21.3. The molecule has 2 atom stereocenters. The second kappa shape index (κ2) is 8.75. The molecule has 7 heteroatoms. The minimum atomic E-state index is -0.274. The molecule has 1 fully saturated rings. The summed E-state index contributed by atoms with van der Waals surface area (Å²) in [5.41, 5.74) is 6.36. The molecule has 3 aromatic heterocycles. The Morgan fingerprint density at radius 2 is 1.85 bits per heavy atom. The monoisotopic (exact) mass is 457 g/mol. The van der Waals surface area contributed by atoms with E-state index in [0.29, 0.717) is 5.11 Å². The van der Waals surface area contributed by atoms with Crippen LogP contribution in [0.2, 0.25) is 0 Å². The number of halogens is 1. The number of hydrogen-bond donors (Lipinski definition) is 1. The van der Waals surface area contributed by atoms with Crippen LogP contribution >= 0.6 is 12.2 Å². The number of hydrogen-bond acceptors (Lipinski definition) is 3. The van der Waals surface area contributed by atoms with E-state index in [2.05, 4.69) is 50.7 Å². The molecule has 1 aromatic carbocycles. The van der Waals surface area contributed by atoms with Crippen molar-refractivity contribution >= 4 is 23.0 Å². The van der Waals surface area contributed by atoms with Gasteiger partial charge in [0.15, 0.2) is 5.11 Å². The standard InChI is InChI=1S/C26H24FN5S/c1-17-14-22(18(2)31(17)16-19-6-5-12-28-15-19)25-24(23-7-3-4-13-29-23)30-26(33)32(25)21-10-8-20(27)9-11-21/h3-15,24-25H,16H2,1-2H3,(H,30,33)/t24-,25+/m1/s1. The van der Waals surface area contributed by atoms with Crippen LogP contribution in [-0.2, 0) is 6.54 Å². The fourth-order valence-corrected chi connectivity index (χ4v) is 4.94. The zero-order chi connectivity index (χ0) is 22.9. The van der Waals surface area contributed by atoms with Gasteiger partial charge in [0.25, 0.3) is 0 Å². The predicted octanol–water partition coefficient (Wildman–Crippen LogP) is 5.26. The van der Waals surface area contributed by atoms with Crippen LogP contribution < -0.4 is 10.2 Å². The molecule has 0 amide bonds. The summed E-state index contributed by atoms with van der Waals surface area (Å²) in [4.78, 5) is 10.9. The minimum Gasteiger partial charge on any atom is -0.351 e. The van der Waals surface area contributed by atoms with Crippen LogP contribution in [0.15, 0.2) is 79.3 Å². The van der Waals surface area contributed by atoms with Crippen LogP contribution in [0.1, 0.15) is 40.3 Å². The van der Waals surface area contributed by atoms with Crippen LogP contribution in [0.4, 0.5) is 10.1 Å². The first-order chi connectivity index (χ1) is 16.0.